The molecule has 188 valence electrons. The summed E-state index contributed by atoms with van der Waals surface area (Å²) >= 11 is 0. The Hall–Kier alpha value is -2.66. The Balaban J connectivity index is 1.41. The molecule has 0 spiro atoms. The zero-order valence-electron chi connectivity index (χ0n) is 21.6. The van der Waals surface area contributed by atoms with Gasteiger partial charge in [0, 0.05) is 31.9 Å². The number of rotatable bonds is 8. The second-order valence-corrected chi connectivity index (χ2v) is 10.5. The van der Waals surface area contributed by atoms with E-state index < -0.39 is 0 Å². The molecule has 2 aliphatic rings. The summed E-state index contributed by atoms with van der Waals surface area (Å²) in [5.41, 5.74) is 3.23. The third kappa shape index (κ3) is 6.13. The predicted octanol–water partition coefficient (Wildman–Crippen LogP) is 5.65. The highest BCUT2D eigenvalue weighted by Crippen LogP contribution is 2.32. The molecule has 0 unspecified atom stereocenters. The van der Waals surface area contributed by atoms with E-state index in [-0.39, 0.29) is 23.8 Å². The first-order valence-electron chi connectivity index (χ1n) is 13.5. The summed E-state index contributed by atoms with van der Waals surface area (Å²) in [6.45, 7) is 9.30. The van der Waals surface area contributed by atoms with E-state index in [1.807, 2.05) is 35.2 Å². The van der Waals surface area contributed by atoms with Gasteiger partial charge in [0.1, 0.15) is 0 Å². The number of piperazine rings is 1. The summed E-state index contributed by atoms with van der Waals surface area (Å²) in [7, 11) is 0. The second-order valence-electron chi connectivity index (χ2n) is 10.5. The Morgan fingerprint density at radius 2 is 1.51 bits per heavy atom. The average molecular weight is 476 g/mol. The Kier molecular flexibility index (Phi) is 8.61. The lowest BCUT2D eigenvalue weighted by molar-refractivity contribution is -0.136. The molecule has 1 aliphatic carbocycles. The molecule has 4 rings (SSSR count). The molecule has 1 saturated heterocycles. The topological polar surface area (TPSA) is 52.7 Å². The summed E-state index contributed by atoms with van der Waals surface area (Å²) in [5.74, 6) is 1.08. The van der Waals surface area contributed by atoms with E-state index in [0.29, 0.717) is 24.9 Å². The molecule has 0 aromatic heterocycles. The Morgan fingerprint density at radius 3 is 2.09 bits per heavy atom. The molecule has 1 N–H and O–H groups in total. The third-order valence-corrected chi connectivity index (χ3v) is 7.89. The van der Waals surface area contributed by atoms with Crippen LogP contribution in [0.2, 0.25) is 0 Å². The van der Waals surface area contributed by atoms with Crippen LogP contribution >= 0.6 is 0 Å². The van der Waals surface area contributed by atoms with Crippen LogP contribution in [0.1, 0.15) is 75.8 Å². The van der Waals surface area contributed by atoms with Crippen LogP contribution in [-0.2, 0) is 9.59 Å². The average Bonchev–Trinajstić information content (AvgIpc) is 3.40. The number of hydrogen-bond acceptors (Lipinski definition) is 3. The molecule has 35 heavy (non-hydrogen) atoms. The van der Waals surface area contributed by atoms with Gasteiger partial charge in [-0.2, -0.15) is 0 Å². The van der Waals surface area contributed by atoms with Crippen LogP contribution in [0.3, 0.4) is 0 Å². The summed E-state index contributed by atoms with van der Waals surface area (Å²) in [4.78, 5) is 31.2. The van der Waals surface area contributed by atoms with Crippen LogP contribution in [0.15, 0.2) is 54.6 Å². The molecule has 1 saturated carbocycles. The number of nitrogens with one attached hydrogen (secondary N) is 1. The molecule has 1 aliphatic heterocycles. The molecule has 2 amide bonds. The van der Waals surface area contributed by atoms with E-state index in [1.54, 1.807) is 0 Å². The van der Waals surface area contributed by atoms with Crippen molar-refractivity contribution in [3.8, 4) is 0 Å². The molecule has 0 radical (unpaired) electrons. The number of benzene rings is 2. The van der Waals surface area contributed by atoms with Gasteiger partial charge in [-0.3, -0.25) is 14.5 Å². The fourth-order valence-electron chi connectivity index (χ4n) is 5.80. The van der Waals surface area contributed by atoms with Crippen molar-refractivity contribution in [3.05, 3.63) is 65.7 Å². The molecule has 0 bridgehead atoms. The number of anilines is 1. The predicted molar refractivity (Wildman–Crippen MR) is 143 cm³/mol. The van der Waals surface area contributed by atoms with Crippen LogP contribution in [0.4, 0.5) is 5.69 Å². The van der Waals surface area contributed by atoms with Crippen LogP contribution in [0, 0.1) is 5.92 Å². The zero-order valence-corrected chi connectivity index (χ0v) is 21.6. The second kappa shape index (κ2) is 11.9. The number of nitrogens with zero attached hydrogens (tertiary/aromatic N) is 2. The van der Waals surface area contributed by atoms with Crippen LogP contribution < -0.4 is 5.32 Å². The van der Waals surface area contributed by atoms with Gasteiger partial charge in [0.15, 0.2) is 0 Å². The molecule has 2 aromatic rings. The highest BCUT2D eigenvalue weighted by molar-refractivity contribution is 5.95. The van der Waals surface area contributed by atoms with Gasteiger partial charge in [0.25, 0.3) is 0 Å². The highest BCUT2D eigenvalue weighted by atomic mass is 16.2. The van der Waals surface area contributed by atoms with Gasteiger partial charge in [-0.05, 0) is 54.4 Å². The van der Waals surface area contributed by atoms with E-state index in [1.165, 1.54) is 18.4 Å². The fraction of sp³-hybridized carbons (Fsp3) is 0.533. The van der Waals surface area contributed by atoms with E-state index in [9.17, 15) is 9.59 Å². The number of hydrogen-bond donors (Lipinski definition) is 1. The van der Waals surface area contributed by atoms with Crippen molar-refractivity contribution in [1.82, 2.24) is 9.80 Å². The van der Waals surface area contributed by atoms with Crippen LogP contribution in [0.5, 0.6) is 0 Å². The lowest BCUT2D eigenvalue weighted by atomic mass is 9.93. The van der Waals surface area contributed by atoms with Gasteiger partial charge in [-0.15, -0.1) is 0 Å². The van der Waals surface area contributed by atoms with Gasteiger partial charge in [-0.25, -0.2) is 0 Å². The standard InChI is InChI=1S/C30H41N3O2/c1-4-27(24-10-6-5-7-11-24)30(35)33-20-18-32(19-21-33)28(25-12-8-9-13-25)29(34)31-26-16-14-23(15-17-26)22(2)3/h5-7,10-11,14-17,22,25,27-28H,4,8-9,12-13,18-21H2,1-3H3,(H,31,34)/t27-,28+/m1/s1. The summed E-state index contributed by atoms with van der Waals surface area (Å²) in [6.07, 6.45) is 5.41. The van der Waals surface area contributed by atoms with Crippen molar-refractivity contribution in [2.24, 2.45) is 5.92 Å². The molecular weight excluding hydrogens is 434 g/mol. The first-order chi connectivity index (χ1) is 17.0. The van der Waals surface area contributed by atoms with Gasteiger partial charge in [-0.1, -0.05) is 76.1 Å². The molecule has 2 atom stereocenters. The minimum Gasteiger partial charge on any atom is -0.340 e. The molecule has 5 heteroatoms. The van der Waals surface area contributed by atoms with Crippen molar-refractivity contribution < 1.29 is 9.59 Å². The van der Waals surface area contributed by atoms with E-state index in [2.05, 4.69) is 55.3 Å². The first kappa shape index (κ1) is 25.4. The fourth-order valence-corrected chi connectivity index (χ4v) is 5.80. The number of carbonyl (C=O) groups excluding carboxylic acids is 2. The van der Waals surface area contributed by atoms with Crippen LogP contribution in [-0.4, -0.2) is 53.8 Å². The molecule has 1 heterocycles. The maximum Gasteiger partial charge on any atom is 0.242 e. The van der Waals surface area contributed by atoms with Crippen molar-refractivity contribution in [3.63, 3.8) is 0 Å². The molecule has 2 fully saturated rings. The lowest BCUT2D eigenvalue weighted by Gasteiger charge is -2.41. The monoisotopic (exact) mass is 475 g/mol. The maximum atomic E-state index is 13.5. The largest absolute Gasteiger partial charge is 0.340 e. The number of amides is 2. The minimum atomic E-state index is -0.129. The lowest BCUT2D eigenvalue weighted by Crippen LogP contribution is -2.57. The minimum absolute atomic E-state index is 0.0921. The smallest absolute Gasteiger partial charge is 0.242 e. The van der Waals surface area contributed by atoms with Gasteiger partial charge < -0.3 is 10.2 Å². The summed E-state index contributed by atoms with van der Waals surface area (Å²) in [5, 5.41) is 3.20. The van der Waals surface area contributed by atoms with Crippen molar-refractivity contribution in [2.45, 2.75) is 70.8 Å². The van der Waals surface area contributed by atoms with Crippen molar-refractivity contribution in [1.29, 1.82) is 0 Å². The molecule has 2 aromatic carbocycles. The normalized spacial score (nSPS) is 19.0. The van der Waals surface area contributed by atoms with E-state index in [4.69, 9.17) is 0 Å². The van der Waals surface area contributed by atoms with E-state index in [0.717, 1.165) is 43.6 Å². The van der Waals surface area contributed by atoms with Gasteiger partial charge in [0.2, 0.25) is 11.8 Å². The molecule has 5 nitrogen and oxygen atoms in total. The Bertz CT molecular complexity index is 959. The van der Waals surface area contributed by atoms with Gasteiger partial charge in [0.05, 0.1) is 12.0 Å². The Morgan fingerprint density at radius 1 is 0.886 bits per heavy atom. The Labute approximate surface area is 210 Å². The zero-order chi connectivity index (χ0) is 24.8. The molecular formula is C30H41N3O2. The highest BCUT2D eigenvalue weighted by Gasteiger charge is 2.38. The van der Waals surface area contributed by atoms with E-state index >= 15 is 0 Å². The van der Waals surface area contributed by atoms with Crippen LogP contribution in [0.25, 0.3) is 0 Å². The summed E-state index contributed by atoms with van der Waals surface area (Å²) in [6, 6.07) is 18.2. The quantitative estimate of drug-likeness (QED) is 0.537. The van der Waals surface area contributed by atoms with Crippen molar-refractivity contribution in [2.75, 3.05) is 31.5 Å². The number of carbonyl (C=O) groups is 2. The van der Waals surface area contributed by atoms with Gasteiger partial charge >= 0.3 is 0 Å². The van der Waals surface area contributed by atoms with Crippen molar-refractivity contribution >= 4 is 17.5 Å². The SMILES string of the molecule is CC[C@@H](C(=O)N1CCN([C@H](C(=O)Nc2ccc(C(C)C)cc2)C2CCCC2)CC1)c1ccccc1. The summed E-state index contributed by atoms with van der Waals surface area (Å²) < 4.78 is 0. The first-order valence-corrected chi connectivity index (χ1v) is 13.5. The maximum absolute atomic E-state index is 13.5. The third-order valence-electron chi connectivity index (χ3n) is 7.89.